The molecule has 4 nitrogen and oxygen atoms in total. The maximum atomic E-state index is 4.57. The van der Waals surface area contributed by atoms with Crippen LogP contribution in [-0.4, -0.2) is 29.3 Å². The van der Waals surface area contributed by atoms with E-state index >= 15 is 0 Å². The lowest BCUT2D eigenvalue weighted by Crippen LogP contribution is -2.35. The summed E-state index contributed by atoms with van der Waals surface area (Å²) in [6.07, 6.45) is 9.84. The zero-order chi connectivity index (χ0) is 20.0. The van der Waals surface area contributed by atoms with Crippen molar-refractivity contribution in [1.82, 2.24) is 15.5 Å². The fourth-order valence-corrected chi connectivity index (χ4v) is 3.57. The van der Waals surface area contributed by atoms with Gasteiger partial charge in [0.15, 0.2) is 5.82 Å². The predicted octanol–water partition coefficient (Wildman–Crippen LogP) is 5.85. The molecule has 1 aromatic heterocycles. The third-order valence-corrected chi connectivity index (χ3v) is 5.14. The standard InChI is InChI=1S/C24H38N4/c1-4-7-8-9-11-17-21-18-23(20-15-12-10-13-16-20)27-28-24(21)26-19-22(14-5-2)25-6-3/h10,12-13,15-16,18,22,25H,4-9,11,14,17,19H2,1-3H3,(H,26,28). The molecule has 0 spiro atoms. The lowest BCUT2D eigenvalue weighted by atomic mass is 10.0. The predicted molar refractivity (Wildman–Crippen MR) is 121 cm³/mol. The number of nitrogens with zero attached hydrogens (tertiary/aromatic N) is 2. The highest BCUT2D eigenvalue weighted by atomic mass is 15.2. The summed E-state index contributed by atoms with van der Waals surface area (Å²) >= 11 is 0. The summed E-state index contributed by atoms with van der Waals surface area (Å²) in [4.78, 5) is 0. The van der Waals surface area contributed by atoms with Crippen molar-refractivity contribution in [2.24, 2.45) is 0 Å². The fraction of sp³-hybridized carbons (Fsp3) is 0.583. The van der Waals surface area contributed by atoms with Crippen molar-refractivity contribution in [1.29, 1.82) is 0 Å². The molecule has 154 valence electrons. The van der Waals surface area contributed by atoms with E-state index in [1.165, 1.54) is 50.5 Å². The molecular formula is C24H38N4. The van der Waals surface area contributed by atoms with Gasteiger partial charge in [0.25, 0.3) is 0 Å². The molecule has 0 amide bonds. The van der Waals surface area contributed by atoms with Crippen LogP contribution >= 0.6 is 0 Å². The van der Waals surface area contributed by atoms with Crippen molar-refractivity contribution >= 4 is 5.82 Å². The van der Waals surface area contributed by atoms with Crippen LogP contribution in [0.2, 0.25) is 0 Å². The average molecular weight is 383 g/mol. The molecule has 1 unspecified atom stereocenters. The molecular weight excluding hydrogens is 344 g/mol. The van der Waals surface area contributed by atoms with Crippen LogP contribution in [0.25, 0.3) is 11.3 Å². The van der Waals surface area contributed by atoms with Crippen LogP contribution in [0.3, 0.4) is 0 Å². The first kappa shape index (κ1) is 22.4. The molecule has 2 rings (SSSR count). The van der Waals surface area contributed by atoms with Crippen LogP contribution < -0.4 is 10.6 Å². The van der Waals surface area contributed by atoms with Crippen LogP contribution in [0.4, 0.5) is 5.82 Å². The van der Waals surface area contributed by atoms with Gasteiger partial charge in [0, 0.05) is 18.2 Å². The van der Waals surface area contributed by atoms with Gasteiger partial charge in [-0.25, -0.2) is 0 Å². The smallest absolute Gasteiger partial charge is 0.151 e. The molecule has 0 aliphatic rings. The Morgan fingerprint density at radius 2 is 1.68 bits per heavy atom. The first-order valence-corrected chi connectivity index (χ1v) is 11.2. The third-order valence-electron chi connectivity index (χ3n) is 5.14. The van der Waals surface area contributed by atoms with E-state index in [0.717, 1.165) is 36.6 Å². The number of aryl methyl sites for hydroxylation is 1. The second-order valence-electron chi connectivity index (χ2n) is 7.56. The minimum atomic E-state index is 0.475. The zero-order valence-electron chi connectivity index (χ0n) is 18.0. The normalized spacial score (nSPS) is 12.1. The highest BCUT2D eigenvalue weighted by molar-refractivity contribution is 5.61. The SMILES string of the molecule is CCCCCCCc1cc(-c2ccccc2)nnc1NCC(CCC)NCC. The maximum absolute atomic E-state index is 4.57. The van der Waals surface area contributed by atoms with Gasteiger partial charge in [0.2, 0.25) is 0 Å². The third kappa shape index (κ3) is 7.59. The van der Waals surface area contributed by atoms with E-state index in [4.69, 9.17) is 0 Å². The lowest BCUT2D eigenvalue weighted by molar-refractivity contribution is 0.506. The first-order chi connectivity index (χ1) is 13.8. The molecule has 0 aliphatic heterocycles. The minimum Gasteiger partial charge on any atom is -0.367 e. The molecule has 0 aliphatic carbocycles. The second-order valence-corrected chi connectivity index (χ2v) is 7.56. The van der Waals surface area contributed by atoms with Crippen molar-refractivity contribution in [3.8, 4) is 11.3 Å². The Morgan fingerprint density at radius 1 is 0.893 bits per heavy atom. The quantitative estimate of drug-likeness (QED) is 0.403. The monoisotopic (exact) mass is 382 g/mol. The molecule has 2 N–H and O–H groups in total. The van der Waals surface area contributed by atoms with E-state index in [1.54, 1.807) is 0 Å². The van der Waals surface area contributed by atoms with E-state index in [2.05, 4.69) is 71.9 Å². The van der Waals surface area contributed by atoms with E-state index in [9.17, 15) is 0 Å². The molecule has 0 fully saturated rings. The number of nitrogens with one attached hydrogen (secondary N) is 2. The number of anilines is 1. The molecule has 1 atom stereocenters. The van der Waals surface area contributed by atoms with Crippen molar-refractivity contribution in [3.63, 3.8) is 0 Å². The molecule has 0 bridgehead atoms. The number of aromatic nitrogens is 2. The molecule has 1 aromatic carbocycles. The van der Waals surface area contributed by atoms with E-state index in [0.29, 0.717) is 6.04 Å². The Bertz CT molecular complexity index is 651. The van der Waals surface area contributed by atoms with Gasteiger partial charge in [-0.05, 0) is 37.4 Å². The number of hydrogen-bond acceptors (Lipinski definition) is 4. The van der Waals surface area contributed by atoms with Crippen LogP contribution in [0, 0.1) is 0 Å². The van der Waals surface area contributed by atoms with Gasteiger partial charge in [-0.2, -0.15) is 0 Å². The summed E-state index contributed by atoms with van der Waals surface area (Å²) in [5, 5.41) is 16.2. The van der Waals surface area contributed by atoms with Gasteiger partial charge in [0.05, 0.1) is 5.69 Å². The summed E-state index contributed by atoms with van der Waals surface area (Å²) in [7, 11) is 0. The van der Waals surface area contributed by atoms with Crippen LogP contribution in [0.15, 0.2) is 36.4 Å². The second kappa shape index (κ2) is 13.3. The molecule has 4 heteroatoms. The van der Waals surface area contributed by atoms with Crippen molar-refractivity contribution in [2.45, 2.75) is 78.2 Å². The Balaban J connectivity index is 2.10. The maximum Gasteiger partial charge on any atom is 0.151 e. The van der Waals surface area contributed by atoms with Gasteiger partial charge in [-0.3, -0.25) is 0 Å². The first-order valence-electron chi connectivity index (χ1n) is 11.2. The molecule has 1 heterocycles. The highest BCUT2D eigenvalue weighted by Crippen LogP contribution is 2.23. The van der Waals surface area contributed by atoms with Gasteiger partial charge in [-0.1, -0.05) is 83.2 Å². The van der Waals surface area contributed by atoms with Gasteiger partial charge in [0.1, 0.15) is 0 Å². The average Bonchev–Trinajstić information content (AvgIpc) is 2.73. The summed E-state index contributed by atoms with van der Waals surface area (Å²) in [6.45, 7) is 8.55. The number of rotatable bonds is 14. The highest BCUT2D eigenvalue weighted by Gasteiger charge is 2.11. The van der Waals surface area contributed by atoms with Crippen molar-refractivity contribution < 1.29 is 0 Å². The molecule has 28 heavy (non-hydrogen) atoms. The summed E-state index contributed by atoms with van der Waals surface area (Å²) < 4.78 is 0. The van der Waals surface area contributed by atoms with Gasteiger partial charge >= 0.3 is 0 Å². The summed E-state index contributed by atoms with van der Waals surface area (Å²) in [5.41, 5.74) is 3.38. The van der Waals surface area contributed by atoms with Crippen molar-refractivity contribution in [2.75, 3.05) is 18.4 Å². The number of unbranched alkanes of at least 4 members (excludes halogenated alkanes) is 4. The number of likely N-dealkylation sites (N-methyl/N-ethyl adjacent to an activating group) is 1. The largest absolute Gasteiger partial charge is 0.367 e. The Morgan fingerprint density at radius 3 is 2.39 bits per heavy atom. The number of hydrogen-bond donors (Lipinski definition) is 2. The fourth-order valence-electron chi connectivity index (χ4n) is 3.57. The van der Waals surface area contributed by atoms with Crippen LogP contribution in [-0.2, 0) is 6.42 Å². The van der Waals surface area contributed by atoms with Gasteiger partial charge in [-0.15, -0.1) is 10.2 Å². The van der Waals surface area contributed by atoms with E-state index < -0.39 is 0 Å². The minimum absolute atomic E-state index is 0.475. The number of benzene rings is 1. The van der Waals surface area contributed by atoms with Gasteiger partial charge < -0.3 is 10.6 Å². The Labute approximate surface area is 171 Å². The Hall–Kier alpha value is -1.94. The van der Waals surface area contributed by atoms with E-state index in [1.807, 2.05) is 6.07 Å². The molecule has 2 aromatic rings. The van der Waals surface area contributed by atoms with Crippen LogP contribution in [0.5, 0.6) is 0 Å². The Kier molecular flexibility index (Phi) is 10.6. The zero-order valence-corrected chi connectivity index (χ0v) is 18.0. The lowest BCUT2D eigenvalue weighted by Gasteiger charge is -2.19. The molecule has 0 saturated carbocycles. The molecule has 0 radical (unpaired) electrons. The van der Waals surface area contributed by atoms with E-state index in [-0.39, 0.29) is 0 Å². The van der Waals surface area contributed by atoms with Crippen molar-refractivity contribution in [3.05, 3.63) is 42.0 Å². The summed E-state index contributed by atoms with van der Waals surface area (Å²) in [5.74, 6) is 0.953. The van der Waals surface area contributed by atoms with Crippen LogP contribution in [0.1, 0.15) is 71.3 Å². The summed E-state index contributed by atoms with van der Waals surface area (Å²) in [6, 6.07) is 13.1. The molecule has 0 saturated heterocycles. The topological polar surface area (TPSA) is 49.8 Å².